The van der Waals surface area contributed by atoms with Crippen LogP contribution in [0, 0.1) is 11.6 Å². The lowest BCUT2D eigenvalue weighted by Gasteiger charge is -2.11. The summed E-state index contributed by atoms with van der Waals surface area (Å²) in [6.45, 7) is 0.227. The molecular formula is C22H18F2N4O3. The Morgan fingerprint density at radius 2 is 1.77 bits per heavy atom. The molecule has 0 saturated heterocycles. The van der Waals surface area contributed by atoms with Crippen molar-refractivity contribution in [2.24, 2.45) is 0 Å². The minimum Gasteiger partial charge on any atom is -0.497 e. The quantitative estimate of drug-likeness (QED) is 0.512. The molecule has 0 saturated carbocycles. The lowest BCUT2D eigenvalue weighted by atomic mass is 10.1. The molecule has 9 heteroatoms. The van der Waals surface area contributed by atoms with E-state index in [2.05, 4.69) is 15.5 Å². The van der Waals surface area contributed by atoms with Gasteiger partial charge in [-0.15, -0.1) is 10.2 Å². The van der Waals surface area contributed by atoms with Gasteiger partial charge in [-0.3, -0.25) is 9.20 Å². The van der Waals surface area contributed by atoms with Crippen LogP contribution in [-0.2, 0) is 6.54 Å². The van der Waals surface area contributed by atoms with Crippen molar-refractivity contribution in [1.82, 2.24) is 19.9 Å². The zero-order valence-electron chi connectivity index (χ0n) is 16.7. The predicted molar refractivity (Wildman–Crippen MR) is 109 cm³/mol. The molecule has 0 radical (unpaired) electrons. The van der Waals surface area contributed by atoms with Crippen molar-refractivity contribution in [3.05, 3.63) is 77.5 Å². The van der Waals surface area contributed by atoms with Crippen LogP contribution in [-0.4, -0.2) is 34.7 Å². The van der Waals surface area contributed by atoms with Crippen LogP contribution in [0.25, 0.3) is 17.0 Å². The van der Waals surface area contributed by atoms with Gasteiger partial charge in [-0.25, -0.2) is 8.78 Å². The van der Waals surface area contributed by atoms with Crippen LogP contribution in [0.3, 0.4) is 0 Å². The summed E-state index contributed by atoms with van der Waals surface area (Å²) in [5.74, 6) is -0.209. The van der Waals surface area contributed by atoms with Gasteiger partial charge < -0.3 is 14.8 Å². The second kappa shape index (κ2) is 8.39. The van der Waals surface area contributed by atoms with Gasteiger partial charge in [0, 0.05) is 35.5 Å². The maximum absolute atomic E-state index is 13.5. The number of pyridine rings is 1. The summed E-state index contributed by atoms with van der Waals surface area (Å²) in [7, 11) is 3.11. The maximum atomic E-state index is 13.5. The summed E-state index contributed by atoms with van der Waals surface area (Å²) in [5, 5.41) is 10.8. The molecule has 0 bridgehead atoms. The molecule has 2 heterocycles. The van der Waals surface area contributed by atoms with Gasteiger partial charge in [-0.2, -0.15) is 0 Å². The number of ether oxygens (including phenoxy) is 2. The topological polar surface area (TPSA) is 77.8 Å². The van der Waals surface area contributed by atoms with Gasteiger partial charge >= 0.3 is 0 Å². The number of amides is 1. The van der Waals surface area contributed by atoms with Gasteiger partial charge in [0.25, 0.3) is 5.91 Å². The first-order chi connectivity index (χ1) is 15.0. The number of carbonyl (C=O) groups is 1. The van der Waals surface area contributed by atoms with Gasteiger partial charge in [0.2, 0.25) is 0 Å². The molecule has 1 amide bonds. The van der Waals surface area contributed by atoms with Crippen LogP contribution in [0.1, 0.15) is 15.9 Å². The van der Waals surface area contributed by atoms with Crippen molar-refractivity contribution >= 4 is 11.6 Å². The molecule has 0 atom stereocenters. The number of hydrogen-bond donors (Lipinski definition) is 1. The van der Waals surface area contributed by atoms with Crippen molar-refractivity contribution in [3.8, 4) is 22.9 Å². The highest BCUT2D eigenvalue weighted by Crippen LogP contribution is 2.24. The monoisotopic (exact) mass is 424 g/mol. The Kier molecular flexibility index (Phi) is 5.48. The maximum Gasteiger partial charge on any atom is 0.251 e. The molecule has 4 aromatic rings. The smallest absolute Gasteiger partial charge is 0.251 e. The highest BCUT2D eigenvalue weighted by atomic mass is 19.1. The fourth-order valence-corrected chi connectivity index (χ4v) is 3.21. The number of hydrogen-bond acceptors (Lipinski definition) is 5. The number of carbonyl (C=O) groups excluding carboxylic acids is 1. The van der Waals surface area contributed by atoms with Crippen LogP contribution in [0.15, 0.2) is 54.7 Å². The molecule has 0 spiro atoms. The molecule has 2 aromatic carbocycles. The Morgan fingerprint density at radius 3 is 2.48 bits per heavy atom. The summed E-state index contributed by atoms with van der Waals surface area (Å²) >= 11 is 0. The molecule has 2 aromatic heterocycles. The standard InChI is InChI=1S/C22H18F2N4O3/c1-30-18-3-4-19(31-2)15(9-18)12-25-22(29)13-5-6-28-20(10-13)26-27-21(28)14-7-16(23)11-17(24)8-14/h3-11H,12H2,1-2H3,(H,25,29). The molecule has 0 aliphatic carbocycles. The van der Waals surface area contributed by atoms with E-state index in [-0.39, 0.29) is 23.8 Å². The van der Waals surface area contributed by atoms with E-state index in [1.54, 1.807) is 55.1 Å². The average molecular weight is 424 g/mol. The molecule has 1 N–H and O–H groups in total. The number of rotatable bonds is 6. The number of benzene rings is 2. The van der Waals surface area contributed by atoms with Gasteiger partial charge in [0.1, 0.15) is 23.1 Å². The molecule has 4 rings (SSSR count). The normalized spacial score (nSPS) is 10.8. The highest BCUT2D eigenvalue weighted by molar-refractivity contribution is 5.95. The minimum absolute atomic E-state index is 0.227. The van der Waals surface area contributed by atoms with E-state index in [0.29, 0.717) is 22.7 Å². The van der Waals surface area contributed by atoms with Gasteiger partial charge in [-0.1, -0.05) is 0 Å². The van der Waals surface area contributed by atoms with E-state index in [0.717, 1.165) is 11.6 Å². The number of nitrogens with zero attached hydrogens (tertiary/aromatic N) is 3. The van der Waals surface area contributed by atoms with Gasteiger partial charge in [0.05, 0.1) is 14.2 Å². The van der Waals surface area contributed by atoms with Crippen molar-refractivity contribution in [3.63, 3.8) is 0 Å². The van der Waals surface area contributed by atoms with E-state index in [1.165, 1.54) is 12.1 Å². The van der Waals surface area contributed by atoms with Crippen LogP contribution < -0.4 is 14.8 Å². The van der Waals surface area contributed by atoms with Crippen molar-refractivity contribution in [1.29, 1.82) is 0 Å². The first kappa shape index (κ1) is 20.3. The first-order valence-electron chi connectivity index (χ1n) is 9.29. The summed E-state index contributed by atoms with van der Waals surface area (Å²) in [5.41, 5.74) is 1.73. The molecule has 7 nitrogen and oxygen atoms in total. The van der Waals surface area contributed by atoms with Gasteiger partial charge in [0.15, 0.2) is 11.5 Å². The number of aromatic nitrogens is 3. The second-order valence-electron chi connectivity index (χ2n) is 6.69. The van der Waals surface area contributed by atoms with E-state index in [4.69, 9.17) is 9.47 Å². The minimum atomic E-state index is -0.712. The van der Waals surface area contributed by atoms with Crippen molar-refractivity contribution in [2.45, 2.75) is 6.54 Å². The third-order valence-corrected chi connectivity index (χ3v) is 4.72. The first-order valence-corrected chi connectivity index (χ1v) is 9.29. The lowest BCUT2D eigenvalue weighted by Crippen LogP contribution is -2.23. The zero-order chi connectivity index (χ0) is 22.0. The predicted octanol–water partition coefficient (Wildman–Crippen LogP) is 3.62. The SMILES string of the molecule is COc1ccc(OC)c(CNC(=O)c2ccn3c(-c4cc(F)cc(F)c4)nnc3c2)c1. The third kappa shape index (κ3) is 4.16. The fourth-order valence-electron chi connectivity index (χ4n) is 3.21. The Morgan fingerprint density at radius 1 is 1.00 bits per heavy atom. The Bertz CT molecular complexity index is 1250. The van der Waals surface area contributed by atoms with Gasteiger partial charge in [-0.05, 0) is 42.5 Å². The van der Waals surface area contributed by atoms with E-state index in [9.17, 15) is 13.6 Å². The fraction of sp³-hybridized carbons (Fsp3) is 0.136. The van der Waals surface area contributed by atoms with E-state index in [1.807, 2.05) is 0 Å². The van der Waals surface area contributed by atoms with Crippen molar-refractivity contribution < 1.29 is 23.0 Å². The molecular weight excluding hydrogens is 406 g/mol. The number of methoxy groups -OCH3 is 2. The van der Waals surface area contributed by atoms with E-state index < -0.39 is 11.6 Å². The Hall–Kier alpha value is -4.01. The summed E-state index contributed by atoms with van der Waals surface area (Å²) in [6, 6.07) is 11.6. The summed E-state index contributed by atoms with van der Waals surface area (Å²) in [4.78, 5) is 12.6. The van der Waals surface area contributed by atoms with Crippen LogP contribution in [0.5, 0.6) is 11.5 Å². The summed E-state index contributed by atoms with van der Waals surface area (Å²) < 4.78 is 39.2. The Labute approximate surface area is 176 Å². The van der Waals surface area contributed by atoms with Crippen LogP contribution in [0.4, 0.5) is 8.78 Å². The molecule has 31 heavy (non-hydrogen) atoms. The van der Waals surface area contributed by atoms with Crippen LogP contribution >= 0.6 is 0 Å². The lowest BCUT2D eigenvalue weighted by molar-refractivity contribution is 0.0950. The molecule has 0 fully saturated rings. The number of fused-ring (bicyclic) bond motifs is 1. The van der Waals surface area contributed by atoms with Crippen molar-refractivity contribution in [2.75, 3.05) is 14.2 Å². The molecule has 0 unspecified atom stereocenters. The molecule has 0 aliphatic heterocycles. The van der Waals surface area contributed by atoms with E-state index >= 15 is 0 Å². The largest absolute Gasteiger partial charge is 0.497 e. The van der Waals surface area contributed by atoms with Crippen LogP contribution in [0.2, 0.25) is 0 Å². The second-order valence-corrected chi connectivity index (χ2v) is 6.69. The number of halogens is 2. The number of nitrogens with one attached hydrogen (secondary N) is 1. The summed E-state index contributed by atoms with van der Waals surface area (Å²) in [6.07, 6.45) is 1.58. The third-order valence-electron chi connectivity index (χ3n) is 4.72. The zero-order valence-corrected chi connectivity index (χ0v) is 16.7. The highest BCUT2D eigenvalue weighted by Gasteiger charge is 2.14. The average Bonchev–Trinajstić information content (AvgIpc) is 3.20. The molecule has 0 aliphatic rings. The molecule has 158 valence electrons. The Balaban J connectivity index is 1.56.